The number of sulfone groups is 1. The van der Waals surface area contributed by atoms with E-state index in [4.69, 9.17) is 5.73 Å². The lowest BCUT2D eigenvalue weighted by Crippen LogP contribution is -2.36. The third kappa shape index (κ3) is 4.50. The van der Waals surface area contributed by atoms with Crippen molar-refractivity contribution in [3.8, 4) is 5.75 Å². The van der Waals surface area contributed by atoms with Crippen molar-refractivity contribution in [1.82, 2.24) is 0 Å². The molecular weight excluding hydrogens is 280 g/mol. The number of nitrogens with two attached hydrogens (primary N) is 1. The molecule has 0 aromatic heterocycles. The summed E-state index contributed by atoms with van der Waals surface area (Å²) in [5.74, 6) is -0.408. The van der Waals surface area contributed by atoms with Gasteiger partial charge in [0.25, 0.3) is 0 Å². The molecule has 1 atom stereocenters. The van der Waals surface area contributed by atoms with Gasteiger partial charge in [0.2, 0.25) is 5.91 Å². The maximum absolute atomic E-state index is 11.9. The minimum atomic E-state index is -3.41. The number of aromatic hydroxyl groups is 1. The molecule has 0 heterocycles. The molecule has 20 heavy (non-hydrogen) atoms. The molecular formula is C13H20N2O4S. The van der Waals surface area contributed by atoms with Crippen LogP contribution in [0.25, 0.3) is 0 Å². The predicted molar refractivity (Wildman–Crippen MR) is 77.3 cm³/mol. The molecule has 1 unspecified atom stereocenters. The zero-order valence-corrected chi connectivity index (χ0v) is 12.6. The maximum Gasteiger partial charge on any atom is 0.241 e. The lowest BCUT2D eigenvalue weighted by molar-refractivity contribution is -0.117. The van der Waals surface area contributed by atoms with Gasteiger partial charge in [0.05, 0.1) is 16.6 Å². The van der Waals surface area contributed by atoms with Gasteiger partial charge in [0.1, 0.15) is 5.75 Å². The van der Waals surface area contributed by atoms with Crippen molar-refractivity contribution in [1.29, 1.82) is 0 Å². The highest BCUT2D eigenvalue weighted by molar-refractivity contribution is 7.90. The van der Waals surface area contributed by atoms with Gasteiger partial charge < -0.3 is 16.2 Å². The Hall–Kier alpha value is -1.60. The Labute approximate surface area is 118 Å². The summed E-state index contributed by atoms with van der Waals surface area (Å²) in [6.45, 7) is 3.88. The molecule has 7 heteroatoms. The van der Waals surface area contributed by atoms with Gasteiger partial charge in [0.15, 0.2) is 9.84 Å². The van der Waals surface area contributed by atoms with Gasteiger partial charge in [-0.3, -0.25) is 4.79 Å². The number of carbonyl (C=O) groups is 1. The van der Waals surface area contributed by atoms with E-state index in [-0.39, 0.29) is 22.3 Å². The zero-order valence-electron chi connectivity index (χ0n) is 11.8. The zero-order chi connectivity index (χ0) is 15.5. The summed E-state index contributed by atoms with van der Waals surface area (Å²) in [5.41, 5.74) is 5.77. The van der Waals surface area contributed by atoms with Crippen molar-refractivity contribution in [2.24, 2.45) is 11.7 Å². The Morgan fingerprint density at radius 3 is 2.50 bits per heavy atom. The molecule has 0 radical (unpaired) electrons. The first kappa shape index (κ1) is 16.5. The fourth-order valence-corrected chi connectivity index (χ4v) is 2.33. The summed E-state index contributed by atoms with van der Waals surface area (Å²) >= 11 is 0. The second kappa shape index (κ2) is 6.23. The van der Waals surface area contributed by atoms with Crippen molar-refractivity contribution in [2.45, 2.75) is 31.2 Å². The lowest BCUT2D eigenvalue weighted by Gasteiger charge is -2.15. The van der Waals surface area contributed by atoms with Crippen LogP contribution < -0.4 is 11.1 Å². The second-order valence-corrected chi connectivity index (χ2v) is 7.19. The van der Waals surface area contributed by atoms with E-state index in [2.05, 4.69) is 5.32 Å². The lowest BCUT2D eigenvalue weighted by atomic mass is 10.0. The fourth-order valence-electron chi connectivity index (χ4n) is 1.69. The standard InChI is InChI=1S/C13H20N2O4S/c1-8(2)6-10(14)13(17)15-11-7-9(20(3,18)19)4-5-12(11)16/h4-5,7-8,10,16H,6,14H2,1-3H3,(H,15,17). The topological polar surface area (TPSA) is 109 Å². The van der Waals surface area contributed by atoms with E-state index in [0.29, 0.717) is 6.42 Å². The number of hydrogen-bond donors (Lipinski definition) is 3. The van der Waals surface area contributed by atoms with E-state index in [1.807, 2.05) is 13.8 Å². The smallest absolute Gasteiger partial charge is 0.241 e. The summed E-state index contributed by atoms with van der Waals surface area (Å²) in [6.07, 6.45) is 1.55. The molecule has 0 aliphatic rings. The number of anilines is 1. The quantitative estimate of drug-likeness (QED) is 0.706. The molecule has 1 rings (SSSR count). The molecule has 0 bridgehead atoms. The van der Waals surface area contributed by atoms with Crippen LogP contribution in [0.4, 0.5) is 5.69 Å². The Kier molecular flexibility index (Phi) is 5.13. The minimum Gasteiger partial charge on any atom is -0.506 e. The summed E-state index contributed by atoms with van der Waals surface area (Å²) in [7, 11) is -3.41. The van der Waals surface area contributed by atoms with Crippen molar-refractivity contribution in [3.05, 3.63) is 18.2 Å². The van der Waals surface area contributed by atoms with Crippen LogP contribution in [-0.4, -0.2) is 31.7 Å². The van der Waals surface area contributed by atoms with Crippen molar-refractivity contribution < 1.29 is 18.3 Å². The average molecular weight is 300 g/mol. The predicted octanol–water partition coefficient (Wildman–Crippen LogP) is 1.11. The van der Waals surface area contributed by atoms with E-state index in [9.17, 15) is 18.3 Å². The molecule has 1 amide bonds. The molecule has 0 spiro atoms. The number of rotatable bonds is 5. The first-order chi connectivity index (χ1) is 9.11. The fraction of sp³-hybridized carbons (Fsp3) is 0.462. The first-order valence-electron chi connectivity index (χ1n) is 6.20. The van der Waals surface area contributed by atoms with Crippen LogP contribution in [-0.2, 0) is 14.6 Å². The van der Waals surface area contributed by atoms with E-state index in [1.54, 1.807) is 0 Å². The van der Waals surface area contributed by atoms with Gasteiger partial charge in [0, 0.05) is 6.26 Å². The van der Waals surface area contributed by atoms with Gasteiger partial charge in [-0.2, -0.15) is 0 Å². The Morgan fingerprint density at radius 1 is 1.40 bits per heavy atom. The highest BCUT2D eigenvalue weighted by Gasteiger charge is 2.18. The van der Waals surface area contributed by atoms with Gasteiger partial charge in [-0.1, -0.05) is 13.8 Å². The first-order valence-corrected chi connectivity index (χ1v) is 8.10. The van der Waals surface area contributed by atoms with Crippen LogP contribution in [0, 0.1) is 5.92 Å². The number of benzene rings is 1. The van der Waals surface area contributed by atoms with Crippen LogP contribution in [0.2, 0.25) is 0 Å². The van der Waals surface area contributed by atoms with Gasteiger partial charge in [-0.15, -0.1) is 0 Å². The third-order valence-electron chi connectivity index (χ3n) is 2.72. The number of carbonyl (C=O) groups excluding carboxylic acids is 1. The molecule has 0 aliphatic carbocycles. The number of amides is 1. The monoisotopic (exact) mass is 300 g/mol. The Balaban J connectivity index is 2.95. The number of nitrogens with one attached hydrogen (secondary N) is 1. The molecule has 4 N–H and O–H groups in total. The van der Waals surface area contributed by atoms with Crippen LogP contribution in [0.5, 0.6) is 5.75 Å². The summed E-state index contributed by atoms with van der Waals surface area (Å²) in [4.78, 5) is 11.9. The van der Waals surface area contributed by atoms with E-state index in [1.165, 1.54) is 18.2 Å². The van der Waals surface area contributed by atoms with Crippen LogP contribution in [0.3, 0.4) is 0 Å². The summed E-state index contributed by atoms with van der Waals surface area (Å²) in [5, 5.41) is 12.1. The minimum absolute atomic E-state index is 0.0167. The Morgan fingerprint density at radius 2 is 2.00 bits per heavy atom. The molecule has 0 aliphatic heterocycles. The van der Waals surface area contributed by atoms with Gasteiger partial charge in [-0.05, 0) is 30.5 Å². The van der Waals surface area contributed by atoms with Crippen molar-refractivity contribution in [3.63, 3.8) is 0 Å². The van der Waals surface area contributed by atoms with Gasteiger partial charge >= 0.3 is 0 Å². The molecule has 6 nitrogen and oxygen atoms in total. The highest BCUT2D eigenvalue weighted by Crippen LogP contribution is 2.26. The van der Waals surface area contributed by atoms with Crippen LogP contribution in [0.15, 0.2) is 23.1 Å². The average Bonchev–Trinajstić information content (AvgIpc) is 2.29. The number of phenols is 1. The second-order valence-electron chi connectivity index (χ2n) is 5.18. The molecule has 0 saturated carbocycles. The molecule has 0 fully saturated rings. The molecule has 112 valence electrons. The van der Waals surface area contributed by atoms with Crippen LogP contribution >= 0.6 is 0 Å². The molecule has 1 aromatic rings. The Bertz CT molecular complexity index is 596. The maximum atomic E-state index is 11.9. The molecule has 1 aromatic carbocycles. The van der Waals surface area contributed by atoms with E-state index < -0.39 is 21.8 Å². The largest absolute Gasteiger partial charge is 0.506 e. The normalized spacial score (nSPS) is 13.2. The summed E-state index contributed by atoms with van der Waals surface area (Å²) in [6, 6.07) is 3.00. The number of phenolic OH excluding ortho intramolecular Hbond substituents is 1. The van der Waals surface area contributed by atoms with E-state index in [0.717, 1.165) is 6.26 Å². The summed E-state index contributed by atoms with van der Waals surface area (Å²) < 4.78 is 22.9. The van der Waals surface area contributed by atoms with E-state index >= 15 is 0 Å². The highest BCUT2D eigenvalue weighted by atomic mass is 32.2. The van der Waals surface area contributed by atoms with Crippen LogP contribution in [0.1, 0.15) is 20.3 Å². The van der Waals surface area contributed by atoms with Crippen molar-refractivity contribution >= 4 is 21.4 Å². The van der Waals surface area contributed by atoms with Gasteiger partial charge in [-0.25, -0.2) is 8.42 Å². The SMILES string of the molecule is CC(C)CC(N)C(=O)Nc1cc(S(C)(=O)=O)ccc1O. The number of hydrogen-bond acceptors (Lipinski definition) is 5. The third-order valence-corrected chi connectivity index (χ3v) is 3.83. The molecule has 0 saturated heterocycles. The van der Waals surface area contributed by atoms with Crippen molar-refractivity contribution in [2.75, 3.05) is 11.6 Å².